The standard InChI is InChI=1S/C11H11BrO/c1-6-7(2)9-4-5-13-11(9)10(12)8(6)3/h4-5H,1-3H3. The molecule has 1 aromatic heterocycles. The first-order valence-electron chi connectivity index (χ1n) is 4.25. The van der Waals surface area contributed by atoms with E-state index < -0.39 is 0 Å². The fourth-order valence-corrected chi connectivity index (χ4v) is 2.20. The van der Waals surface area contributed by atoms with Crippen LogP contribution in [0.2, 0.25) is 0 Å². The van der Waals surface area contributed by atoms with E-state index in [1.807, 2.05) is 6.07 Å². The molecular formula is C11H11BrO. The van der Waals surface area contributed by atoms with Crippen LogP contribution in [-0.2, 0) is 0 Å². The van der Waals surface area contributed by atoms with E-state index in [-0.39, 0.29) is 0 Å². The third-order valence-electron chi connectivity index (χ3n) is 2.72. The largest absolute Gasteiger partial charge is 0.463 e. The lowest BCUT2D eigenvalue weighted by Crippen LogP contribution is -1.88. The van der Waals surface area contributed by atoms with Gasteiger partial charge in [0.05, 0.1) is 10.7 Å². The molecule has 1 heterocycles. The Morgan fingerprint density at radius 3 is 2.46 bits per heavy atom. The monoisotopic (exact) mass is 238 g/mol. The second kappa shape index (κ2) is 2.88. The summed E-state index contributed by atoms with van der Waals surface area (Å²) in [5, 5.41) is 1.20. The number of hydrogen-bond donors (Lipinski definition) is 0. The summed E-state index contributed by atoms with van der Waals surface area (Å²) in [5.74, 6) is 0. The molecule has 0 N–H and O–H groups in total. The molecule has 0 amide bonds. The van der Waals surface area contributed by atoms with Gasteiger partial charge in [0, 0.05) is 5.39 Å². The lowest BCUT2D eigenvalue weighted by atomic mass is 10.0. The van der Waals surface area contributed by atoms with Gasteiger partial charge in [-0.3, -0.25) is 0 Å². The fraction of sp³-hybridized carbons (Fsp3) is 0.273. The average molecular weight is 239 g/mol. The molecule has 2 heteroatoms. The molecule has 0 spiro atoms. The first kappa shape index (κ1) is 8.82. The fourth-order valence-electron chi connectivity index (χ4n) is 1.59. The van der Waals surface area contributed by atoms with Gasteiger partial charge in [-0.1, -0.05) is 0 Å². The number of rotatable bonds is 0. The summed E-state index contributed by atoms with van der Waals surface area (Å²) in [6.45, 7) is 6.38. The predicted molar refractivity (Wildman–Crippen MR) is 58.1 cm³/mol. The van der Waals surface area contributed by atoms with Crippen LogP contribution in [-0.4, -0.2) is 0 Å². The SMILES string of the molecule is Cc1c(C)c(Br)c2occc2c1C. The van der Waals surface area contributed by atoms with Gasteiger partial charge < -0.3 is 4.42 Å². The number of fused-ring (bicyclic) bond motifs is 1. The Hall–Kier alpha value is -0.760. The molecule has 0 saturated carbocycles. The van der Waals surface area contributed by atoms with Crippen molar-refractivity contribution in [3.63, 3.8) is 0 Å². The van der Waals surface area contributed by atoms with Gasteiger partial charge in [-0.15, -0.1) is 0 Å². The Morgan fingerprint density at radius 2 is 1.77 bits per heavy atom. The molecule has 0 aliphatic heterocycles. The molecule has 1 aromatic carbocycles. The van der Waals surface area contributed by atoms with Crippen molar-refractivity contribution in [2.75, 3.05) is 0 Å². The summed E-state index contributed by atoms with van der Waals surface area (Å²) in [6, 6.07) is 2.02. The van der Waals surface area contributed by atoms with Gasteiger partial charge >= 0.3 is 0 Å². The molecule has 68 valence electrons. The van der Waals surface area contributed by atoms with Gasteiger partial charge in [0.2, 0.25) is 0 Å². The van der Waals surface area contributed by atoms with Crippen molar-refractivity contribution < 1.29 is 4.42 Å². The molecule has 0 unspecified atom stereocenters. The topological polar surface area (TPSA) is 13.1 Å². The molecule has 2 aromatic rings. The number of benzene rings is 1. The molecule has 0 saturated heterocycles. The number of halogens is 1. The van der Waals surface area contributed by atoms with Gasteiger partial charge in [-0.25, -0.2) is 0 Å². The van der Waals surface area contributed by atoms with Crippen LogP contribution in [0.5, 0.6) is 0 Å². The Kier molecular flexibility index (Phi) is 1.95. The van der Waals surface area contributed by atoms with Gasteiger partial charge in [0.25, 0.3) is 0 Å². The minimum Gasteiger partial charge on any atom is -0.463 e. The maximum atomic E-state index is 5.42. The van der Waals surface area contributed by atoms with E-state index in [4.69, 9.17) is 4.42 Å². The van der Waals surface area contributed by atoms with Gasteiger partial charge in [-0.2, -0.15) is 0 Å². The third-order valence-corrected chi connectivity index (χ3v) is 3.68. The second-order valence-electron chi connectivity index (χ2n) is 3.35. The summed E-state index contributed by atoms with van der Waals surface area (Å²) in [7, 11) is 0. The van der Waals surface area contributed by atoms with Crippen LogP contribution < -0.4 is 0 Å². The minimum absolute atomic E-state index is 0.959. The van der Waals surface area contributed by atoms with Crippen LogP contribution in [0.4, 0.5) is 0 Å². The van der Waals surface area contributed by atoms with Crippen molar-refractivity contribution >= 4 is 26.9 Å². The molecule has 1 nitrogen and oxygen atoms in total. The Balaban J connectivity index is 3.02. The van der Waals surface area contributed by atoms with Crippen LogP contribution in [0.1, 0.15) is 16.7 Å². The van der Waals surface area contributed by atoms with E-state index in [1.165, 1.54) is 22.1 Å². The highest BCUT2D eigenvalue weighted by atomic mass is 79.9. The zero-order valence-corrected chi connectivity index (χ0v) is 9.53. The minimum atomic E-state index is 0.959. The smallest absolute Gasteiger partial charge is 0.148 e. The van der Waals surface area contributed by atoms with Crippen LogP contribution in [0, 0.1) is 20.8 Å². The van der Waals surface area contributed by atoms with Crippen molar-refractivity contribution in [2.24, 2.45) is 0 Å². The van der Waals surface area contributed by atoms with Crippen LogP contribution >= 0.6 is 15.9 Å². The Bertz CT molecular complexity index is 426. The first-order chi connectivity index (χ1) is 6.13. The molecule has 0 radical (unpaired) electrons. The van der Waals surface area contributed by atoms with E-state index in [9.17, 15) is 0 Å². The zero-order chi connectivity index (χ0) is 9.59. The van der Waals surface area contributed by atoms with Crippen molar-refractivity contribution in [3.8, 4) is 0 Å². The Morgan fingerprint density at radius 1 is 1.08 bits per heavy atom. The van der Waals surface area contributed by atoms with Gasteiger partial charge in [0.15, 0.2) is 0 Å². The summed E-state index contributed by atoms with van der Waals surface area (Å²) in [6.07, 6.45) is 1.74. The van der Waals surface area contributed by atoms with E-state index in [2.05, 4.69) is 36.7 Å². The zero-order valence-electron chi connectivity index (χ0n) is 7.94. The van der Waals surface area contributed by atoms with Crippen molar-refractivity contribution in [1.29, 1.82) is 0 Å². The third kappa shape index (κ3) is 1.12. The van der Waals surface area contributed by atoms with Crippen molar-refractivity contribution in [3.05, 3.63) is 33.5 Å². The molecular weight excluding hydrogens is 228 g/mol. The number of aryl methyl sites for hydroxylation is 1. The molecule has 0 fully saturated rings. The Labute approximate surface area is 85.9 Å². The van der Waals surface area contributed by atoms with E-state index in [0.29, 0.717) is 0 Å². The second-order valence-corrected chi connectivity index (χ2v) is 4.15. The summed E-state index contributed by atoms with van der Waals surface area (Å²) < 4.78 is 6.50. The summed E-state index contributed by atoms with van der Waals surface area (Å²) in [4.78, 5) is 0. The summed E-state index contributed by atoms with van der Waals surface area (Å²) >= 11 is 3.55. The van der Waals surface area contributed by atoms with E-state index in [1.54, 1.807) is 6.26 Å². The highest BCUT2D eigenvalue weighted by Crippen LogP contribution is 2.33. The molecule has 13 heavy (non-hydrogen) atoms. The maximum absolute atomic E-state index is 5.42. The van der Waals surface area contributed by atoms with Crippen LogP contribution in [0.15, 0.2) is 21.2 Å². The van der Waals surface area contributed by atoms with E-state index in [0.717, 1.165) is 10.1 Å². The number of hydrogen-bond acceptors (Lipinski definition) is 1. The highest BCUT2D eigenvalue weighted by molar-refractivity contribution is 9.10. The van der Waals surface area contributed by atoms with Gasteiger partial charge in [0.1, 0.15) is 5.58 Å². The quantitative estimate of drug-likeness (QED) is 0.673. The molecule has 0 atom stereocenters. The maximum Gasteiger partial charge on any atom is 0.148 e. The van der Waals surface area contributed by atoms with Crippen LogP contribution in [0.3, 0.4) is 0 Å². The molecule has 2 rings (SSSR count). The van der Waals surface area contributed by atoms with Crippen LogP contribution in [0.25, 0.3) is 11.0 Å². The molecule has 0 bridgehead atoms. The first-order valence-corrected chi connectivity index (χ1v) is 5.04. The lowest BCUT2D eigenvalue weighted by molar-refractivity contribution is 0.613. The highest BCUT2D eigenvalue weighted by Gasteiger charge is 2.11. The average Bonchev–Trinajstić information content (AvgIpc) is 2.59. The predicted octanol–water partition coefficient (Wildman–Crippen LogP) is 4.12. The number of furan rings is 1. The normalized spacial score (nSPS) is 11.1. The molecule has 0 aliphatic carbocycles. The molecule has 0 aliphatic rings. The van der Waals surface area contributed by atoms with Crippen molar-refractivity contribution in [1.82, 2.24) is 0 Å². The summed E-state index contributed by atoms with van der Waals surface area (Å²) in [5.41, 5.74) is 4.87. The van der Waals surface area contributed by atoms with E-state index >= 15 is 0 Å². The lowest BCUT2D eigenvalue weighted by Gasteiger charge is -2.07. The van der Waals surface area contributed by atoms with Gasteiger partial charge in [-0.05, 0) is 59.5 Å². The van der Waals surface area contributed by atoms with Crippen molar-refractivity contribution in [2.45, 2.75) is 20.8 Å².